The van der Waals surface area contributed by atoms with Crippen LogP contribution in [0.25, 0.3) is 0 Å². The zero-order chi connectivity index (χ0) is 12.8. The predicted molar refractivity (Wildman–Crippen MR) is 65.8 cm³/mol. The molecule has 0 saturated heterocycles. The average molecular weight is 252 g/mol. The first-order chi connectivity index (χ1) is 7.40. The van der Waals surface area contributed by atoms with Gasteiger partial charge in [0.2, 0.25) is 10.0 Å². The van der Waals surface area contributed by atoms with E-state index in [0.717, 1.165) is 0 Å². The molecule has 0 aromatic heterocycles. The Bertz CT molecular complexity index is 278. The number of likely N-dealkylation sites (N-methyl/N-ethyl adjacent to an activating group) is 1. The van der Waals surface area contributed by atoms with E-state index in [1.165, 1.54) is 11.4 Å². The highest BCUT2D eigenvalue weighted by atomic mass is 32.2. The molecule has 5 nitrogen and oxygen atoms in total. The molecule has 0 heterocycles. The molecule has 0 aliphatic carbocycles. The van der Waals surface area contributed by atoms with Crippen LogP contribution in [0.1, 0.15) is 26.7 Å². The fourth-order valence-corrected chi connectivity index (χ4v) is 3.31. The van der Waals surface area contributed by atoms with Gasteiger partial charge in [0.1, 0.15) is 0 Å². The summed E-state index contributed by atoms with van der Waals surface area (Å²) >= 11 is 0. The van der Waals surface area contributed by atoms with Crippen LogP contribution in [0.3, 0.4) is 0 Å². The number of hydrogen-bond acceptors (Lipinski definition) is 4. The standard InChI is InChI=1S/C10H24N2O3S/c1-5-10(6-2,9-11)12(3)16(13,14)8-7-15-4/h5-9,11H2,1-4H3. The summed E-state index contributed by atoms with van der Waals surface area (Å²) in [6, 6.07) is 0. The lowest BCUT2D eigenvalue weighted by Crippen LogP contribution is -2.54. The van der Waals surface area contributed by atoms with Gasteiger partial charge in [-0.2, -0.15) is 4.31 Å². The van der Waals surface area contributed by atoms with Crippen molar-refractivity contribution >= 4 is 10.0 Å². The van der Waals surface area contributed by atoms with Crippen molar-refractivity contribution in [3.05, 3.63) is 0 Å². The molecule has 98 valence electrons. The van der Waals surface area contributed by atoms with Gasteiger partial charge in [-0.15, -0.1) is 0 Å². The van der Waals surface area contributed by atoms with E-state index in [9.17, 15) is 8.42 Å². The molecule has 0 rings (SSSR count). The number of nitrogens with zero attached hydrogens (tertiary/aromatic N) is 1. The summed E-state index contributed by atoms with van der Waals surface area (Å²) < 4.78 is 30.2. The van der Waals surface area contributed by atoms with E-state index in [0.29, 0.717) is 19.4 Å². The van der Waals surface area contributed by atoms with E-state index in [1.807, 2.05) is 13.8 Å². The van der Waals surface area contributed by atoms with Crippen LogP contribution in [0.5, 0.6) is 0 Å². The first-order valence-electron chi connectivity index (χ1n) is 5.56. The van der Waals surface area contributed by atoms with Crippen LogP contribution in [0.15, 0.2) is 0 Å². The molecule has 0 unspecified atom stereocenters. The monoisotopic (exact) mass is 252 g/mol. The van der Waals surface area contributed by atoms with Gasteiger partial charge in [0, 0.05) is 26.2 Å². The van der Waals surface area contributed by atoms with Crippen molar-refractivity contribution in [1.29, 1.82) is 0 Å². The van der Waals surface area contributed by atoms with Crippen molar-refractivity contribution in [2.24, 2.45) is 5.73 Å². The Morgan fingerprint density at radius 2 is 1.81 bits per heavy atom. The van der Waals surface area contributed by atoms with E-state index < -0.39 is 15.6 Å². The Hall–Kier alpha value is -0.170. The Kier molecular flexibility index (Phi) is 6.47. The number of methoxy groups -OCH3 is 1. The van der Waals surface area contributed by atoms with Gasteiger partial charge in [0.25, 0.3) is 0 Å². The highest BCUT2D eigenvalue weighted by Gasteiger charge is 2.36. The van der Waals surface area contributed by atoms with Crippen LogP contribution in [0, 0.1) is 0 Å². The second kappa shape index (κ2) is 6.54. The molecule has 0 amide bonds. The number of sulfonamides is 1. The van der Waals surface area contributed by atoms with Gasteiger partial charge < -0.3 is 10.5 Å². The van der Waals surface area contributed by atoms with E-state index >= 15 is 0 Å². The predicted octanol–water partition coefficient (Wildman–Crippen LogP) is 0.412. The molecule has 0 aromatic rings. The quantitative estimate of drug-likeness (QED) is 0.679. The third-order valence-electron chi connectivity index (χ3n) is 3.33. The first kappa shape index (κ1) is 15.8. The zero-order valence-electron chi connectivity index (χ0n) is 10.7. The van der Waals surface area contributed by atoms with E-state index in [2.05, 4.69) is 0 Å². The van der Waals surface area contributed by atoms with Crippen molar-refractivity contribution in [2.45, 2.75) is 32.2 Å². The molecule has 2 N–H and O–H groups in total. The molecule has 0 saturated carbocycles. The van der Waals surface area contributed by atoms with Gasteiger partial charge in [-0.3, -0.25) is 0 Å². The molecule has 6 heteroatoms. The Balaban J connectivity index is 4.93. The minimum atomic E-state index is -3.29. The molecule has 0 bridgehead atoms. The molecule has 0 spiro atoms. The summed E-state index contributed by atoms with van der Waals surface area (Å²) in [4.78, 5) is 0. The summed E-state index contributed by atoms with van der Waals surface area (Å²) in [5, 5.41) is 0. The third kappa shape index (κ3) is 3.41. The maximum absolute atomic E-state index is 12.0. The minimum absolute atomic E-state index is 0.00174. The van der Waals surface area contributed by atoms with Crippen molar-refractivity contribution in [3.63, 3.8) is 0 Å². The first-order valence-corrected chi connectivity index (χ1v) is 7.16. The third-order valence-corrected chi connectivity index (χ3v) is 5.23. The van der Waals surface area contributed by atoms with Crippen LogP contribution in [-0.4, -0.2) is 51.3 Å². The van der Waals surface area contributed by atoms with Gasteiger partial charge >= 0.3 is 0 Å². The molecule has 0 aliphatic heterocycles. The lowest BCUT2D eigenvalue weighted by molar-refractivity contribution is 0.196. The van der Waals surface area contributed by atoms with E-state index in [-0.39, 0.29) is 12.4 Å². The minimum Gasteiger partial charge on any atom is -0.384 e. The second-order valence-corrected chi connectivity index (χ2v) is 6.03. The van der Waals surface area contributed by atoms with Crippen molar-refractivity contribution < 1.29 is 13.2 Å². The van der Waals surface area contributed by atoms with Gasteiger partial charge in [0.15, 0.2) is 0 Å². The van der Waals surface area contributed by atoms with Crippen LogP contribution in [0.4, 0.5) is 0 Å². The van der Waals surface area contributed by atoms with Crippen LogP contribution < -0.4 is 5.73 Å². The van der Waals surface area contributed by atoms with Gasteiger partial charge in [0.05, 0.1) is 12.4 Å². The summed E-state index contributed by atoms with van der Waals surface area (Å²) in [5.41, 5.74) is 5.25. The van der Waals surface area contributed by atoms with Gasteiger partial charge in [-0.25, -0.2) is 8.42 Å². The van der Waals surface area contributed by atoms with Gasteiger partial charge in [-0.05, 0) is 12.8 Å². The topological polar surface area (TPSA) is 72.6 Å². The summed E-state index contributed by atoms with van der Waals surface area (Å²) in [6.07, 6.45) is 1.42. The highest BCUT2D eigenvalue weighted by Crippen LogP contribution is 2.24. The zero-order valence-corrected chi connectivity index (χ0v) is 11.5. The maximum atomic E-state index is 12.0. The molecule has 0 atom stereocenters. The molecular weight excluding hydrogens is 228 g/mol. The van der Waals surface area contributed by atoms with E-state index in [1.54, 1.807) is 7.05 Å². The molecule has 16 heavy (non-hydrogen) atoms. The lowest BCUT2D eigenvalue weighted by atomic mass is 9.93. The number of hydrogen-bond donors (Lipinski definition) is 1. The fourth-order valence-electron chi connectivity index (χ4n) is 1.73. The number of nitrogens with two attached hydrogens (primary N) is 1. The molecule has 0 fully saturated rings. The molecule has 0 aliphatic rings. The fraction of sp³-hybridized carbons (Fsp3) is 1.00. The largest absolute Gasteiger partial charge is 0.384 e. The average Bonchev–Trinajstić information content (AvgIpc) is 2.29. The van der Waals surface area contributed by atoms with Crippen LogP contribution in [0.2, 0.25) is 0 Å². The second-order valence-electron chi connectivity index (χ2n) is 3.91. The normalized spacial score (nSPS) is 13.4. The summed E-state index contributed by atoms with van der Waals surface area (Å²) in [6.45, 7) is 4.46. The number of rotatable bonds is 8. The molecule has 0 aromatic carbocycles. The van der Waals surface area contributed by atoms with Crippen LogP contribution in [-0.2, 0) is 14.8 Å². The number of ether oxygens (including phenoxy) is 1. The van der Waals surface area contributed by atoms with Crippen molar-refractivity contribution in [3.8, 4) is 0 Å². The Morgan fingerprint density at radius 1 is 1.31 bits per heavy atom. The van der Waals surface area contributed by atoms with Crippen molar-refractivity contribution in [2.75, 3.05) is 33.1 Å². The van der Waals surface area contributed by atoms with Crippen LogP contribution >= 0.6 is 0 Å². The molecule has 0 radical (unpaired) electrons. The Morgan fingerprint density at radius 3 is 2.12 bits per heavy atom. The smallest absolute Gasteiger partial charge is 0.216 e. The highest BCUT2D eigenvalue weighted by molar-refractivity contribution is 7.89. The summed E-state index contributed by atoms with van der Waals surface area (Å²) in [7, 11) is -0.195. The SMILES string of the molecule is CCC(CC)(CN)N(C)S(=O)(=O)CCOC. The lowest BCUT2D eigenvalue weighted by Gasteiger charge is -2.38. The Labute approximate surface area is 99.0 Å². The van der Waals surface area contributed by atoms with E-state index in [4.69, 9.17) is 10.5 Å². The van der Waals surface area contributed by atoms with Gasteiger partial charge in [-0.1, -0.05) is 13.8 Å². The van der Waals surface area contributed by atoms with Crippen molar-refractivity contribution in [1.82, 2.24) is 4.31 Å². The maximum Gasteiger partial charge on any atom is 0.216 e. The molecular formula is C10H24N2O3S. The summed E-state index contributed by atoms with van der Waals surface area (Å²) in [5.74, 6) is 0.00174.